The number of piperazine rings is 1. The minimum atomic E-state index is -1.07. The molecule has 2 N–H and O–H groups in total. The molecule has 0 aromatic rings. The first-order chi connectivity index (χ1) is 10.1. The average Bonchev–Trinajstić information content (AvgIpc) is 2.94. The second kappa shape index (κ2) is 5.54. The fourth-order valence-electron chi connectivity index (χ4n) is 3.92. The van der Waals surface area contributed by atoms with Crippen molar-refractivity contribution < 1.29 is 19.5 Å². The third-order valence-corrected chi connectivity index (χ3v) is 4.95. The van der Waals surface area contributed by atoms with E-state index in [-0.39, 0.29) is 31.1 Å². The van der Waals surface area contributed by atoms with Gasteiger partial charge >= 0.3 is 12.0 Å². The number of rotatable bonds is 1. The number of amides is 3. The van der Waals surface area contributed by atoms with Crippen LogP contribution >= 0.6 is 0 Å². The fraction of sp³-hybridized carbons (Fsp3) is 0.786. The summed E-state index contributed by atoms with van der Waals surface area (Å²) >= 11 is 0. The van der Waals surface area contributed by atoms with E-state index in [4.69, 9.17) is 0 Å². The van der Waals surface area contributed by atoms with Crippen LogP contribution in [0, 0.1) is 5.92 Å². The number of aliphatic carboxylic acids is 1. The summed E-state index contributed by atoms with van der Waals surface area (Å²) < 4.78 is 0. The second-order valence-corrected chi connectivity index (χ2v) is 6.16. The number of likely N-dealkylation sites (tertiary alicyclic amines) is 1. The van der Waals surface area contributed by atoms with E-state index in [1.165, 1.54) is 4.90 Å². The first-order valence-electron chi connectivity index (χ1n) is 7.64. The van der Waals surface area contributed by atoms with Crippen molar-refractivity contribution in [3.05, 3.63) is 0 Å². The number of carboxylic acids is 1. The number of hydrogen-bond acceptors (Lipinski definition) is 3. The number of carbonyl (C=O) groups excluding carboxylic acids is 2. The maximum Gasteiger partial charge on any atom is 0.328 e. The highest BCUT2D eigenvalue weighted by Crippen LogP contribution is 2.37. The van der Waals surface area contributed by atoms with Gasteiger partial charge in [0.2, 0.25) is 5.91 Å². The first kappa shape index (κ1) is 14.2. The van der Waals surface area contributed by atoms with Gasteiger partial charge in [-0.15, -0.1) is 0 Å². The summed E-state index contributed by atoms with van der Waals surface area (Å²) in [6, 6.07) is -1.02. The molecule has 0 bridgehead atoms. The van der Waals surface area contributed by atoms with Gasteiger partial charge in [-0.25, -0.2) is 9.59 Å². The number of nitrogens with one attached hydrogen (secondary N) is 1. The van der Waals surface area contributed by atoms with Crippen molar-refractivity contribution in [2.75, 3.05) is 19.6 Å². The van der Waals surface area contributed by atoms with Gasteiger partial charge in [0.15, 0.2) is 0 Å². The number of carboxylic acid groups (broad SMARTS) is 1. The van der Waals surface area contributed by atoms with Crippen molar-refractivity contribution in [3.63, 3.8) is 0 Å². The van der Waals surface area contributed by atoms with Crippen LogP contribution in [-0.2, 0) is 9.59 Å². The lowest BCUT2D eigenvalue weighted by Crippen LogP contribution is -2.63. The Bertz CT molecular complexity index is 467. The highest BCUT2D eigenvalue weighted by atomic mass is 16.4. The van der Waals surface area contributed by atoms with Crippen LogP contribution in [0.15, 0.2) is 0 Å². The van der Waals surface area contributed by atoms with Crippen LogP contribution in [0.2, 0.25) is 0 Å². The second-order valence-electron chi connectivity index (χ2n) is 6.16. The number of carbonyl (C=O) groups is 3. The van der Waals surface area contributed by atoms with Gasteiger partial charge in [-0.2, -0.15) is 0 Å². The van der Waals surface area contributed by atoms with Gasteiger partial charge in [0.05, 0.1) is 0 Å². The predicted molar refractivity (Wildman–Crippen MR) is 73.6 cm³/mol. The van der Waals surface area contributed by atoms with Gasteiger partial charge in [0, 0.05) is 19.1 Å². The number of fused-ring (bicyclic) bond motifs is 1. The van der Waals surface area contributed by atoms with Crippen LogP contribution in [0.25, 0.3) is 0 Å². The number of hydrogen-bond donors (Lipinski definition) is 2. The first-order valence-corrected chi connectivity index (χ1v) is 7.64. The zero-order valence-electron chi connectivity index (χ0n) is 12.0. The third kappa shape index (κ3) is 2.56. The van der Waals surface area contributed by atoms with E-state index < -0.39 is 12.0 Å². The molecule has 3 fully saturated rings. The molecule has 1 aliphatic carbocycles. The van der Waals surface area contributed by atoms with Gasteiger partial charge in [0.1, 0.15) is 12.6 Å². The summed E-state index contributed by atoms with van der Waals surface area (Å²) in [6.07, 6.45) is 5.38. The maximum absolute atomic E-state index is 12.8. The van der Waals surface area contributed by atoms with Crippen molar-refractivity contribution in [2.24, 2.45) is 5.92 Å². The number of nitrogens with zero attached hydrogens (tertiary/aromatic N) is 2. The van der Waals surface area contributed by atoms with Crippen LogP contribution < -0.4 is 5.32 Å². The minimum Gasteiger partial charge on any atom is -0.480 e. The molecule has 3 atom stereocenters. The molecule has 21 heavy (non-hydrogen) atoms. The Labute approximate surface area is 123 Å². The van der Waals surface area contributed by atoms with Crippen LogP contribution in [-0.4, -0.2) is 64.5 Å². The molecule has 0 spiro atoms. The standard InChI is InChI=1S/C14H21N3O4/c18-12-8-17(11(7-15-12)13(19)20)14(21)16-6-2-4-9-3-1-5-10(9)16/h9-11H,1-8H2,(H,15,18)(H,19,20). The van der Waals surface area contributed by atoms with Crippen molar-refractivity contribution in [1.29, 1.82) is 0 Å². The molecular weight excluding hydrogens is 274 g/mol. The number of urea groups is 1. The van der Waals surface area contributed by atoms with E-state index in [0.29, 0.717) is 12.5 Å². The molecule has 0 aromatic heterocycles. The van der Waals surface area contributed by atoms with Crippen molar-refractivity contribution >= 4 is 17.9 Å². The van der Waals surface area contributed by atoms with Crippen molar-refractivity contribution in [3.8, 4) is 0 Å². The Kier molecular flexibility index (Phi) is 3.73. The molecule has 2 aliphatic heterocycles. The van der Waals surface area contributed by atoms with E-state index in [2.05, 4.69) is 5.32 Å². The summed E-state index contributed by atoms with van der Waals surface area (Å²) in [4.78, 5) is 38.7. The minimum absolute atomic E-state index is 0.0121. The van der Waals surface area contributed by atoms with Crippen LogP contribution in [0.1, 0.15) is 32.1 Å². The summed E-state index contributed by atoms with van der Waals surface area (Å²) in [7, 11) is 0. The Morgan fingerprint density at radius 1 is 1.14 bits per heavy atom. The van der Waals surface area contributed by atoms with Crippen LogP contribution in [0.4, 0.5) is 4.79 Å². The van der Waals surface area contributed by atoms with Crippen molar-refractivity contribution in [2.45, 2.75) is 44.2 Å². The third-order valence-electron chi connectivity index (χ3n) is 4.95. The molecule has 2 heterocycles. The molecule has 0 aromatic carbocycles. The lowest BCUT2D eigenvalue weighted by molar-refractivity contribution is -0.144. The lowest BCUT2D eigenvalue weighted by Gasteiger charge is -2.42. The van der Waals surface area contributed by atoms with Crippen LogP contribution in [0.5, 0.6) is 0 Å². The van der Waals surface area contributed by atoms with Gasteiger partial charge in [-0.05, 0) is 31.6 Å². The topological polar surface area (TPSA) is 90.0 Å². The van der Waals surface area contributed by atoms with Gasteiger partial charge in [0.25, 0.3) is 0 Å². The Balaban J connectivity index is 1.78. The molecular formula is C14H21N3O4. The highest BCUT2D eigenvalue weighted by molar-refractivity contribution is 5.90. The van der Waals surface area contributed by atoms with E-state index in [1.807, 2.05) is 4.90 Å². The predicted octanol–water partition coefficient (Wildman–Crippen LogP) is 0.256. The van der Waals surface area contributed by atoms with Gasteiger partial charge in [-0.1, -0.05) is 6.42 Å². The monoisotopic (exact) mass is 295 g/mol. The molecule has 1 saturated carbocycles. The summed E-state index contributed by atoms with van der Waals surface area (Å²) in [5.74, 6) is -0.811. The average molecular weight is 295 g/mol. The van der Waals surface area contributed by atoms with E-state index in [1.54, 1.807) is 0 Å². The van der Waals surface area contributed by atoms with Crippen LogP contribution in [0.3, 0.4) is 0 Å². The summed E-state index contributed by atoms with van der Waals surface area (Å²) in [6.45, 7) is 0.496. The Morgan fingerprint density at radius 3 is 2.67 bits per heavy atom. The van der Waals surface area contributed by atoms with Crippen molar-refractivity contribution in [1.82, 2.24) is 15.1 Å². The zero-order valence-corrected chi connectivity index (χ0v) is 12.0. The molecule has 2 saturated heterocycles. The Morgan fingerprint density at radius 2 is 1.90 bits per heavy atom. The van der Waals surface area contributed by atoms with E-state index >= 15 is 0 Å². The molecule has 7 heteroatoms. The largest absolute Gasteiger partial charge is 0.480 e. The fourth-order valence-corrected chi connectivity index (χ4v) is 3.92. The molecule has 3 amide bonds. The van der Waals surface area contributed by atoms with E-state index in [0.717, 1.165) is 32.1 Å². The molecule has 3 aliphatic rings. The molecule has 0 radical (unpaired) electrons. The molecule has 7 nitrogen and oxygen atoms in total. The quantitative estimate of drug-likeness (QED) is 0.726. The smallest absolute Gasteiger partial charge is 0.328 e. The summed E-state index contributed by atoms with van der Waals surface area (Å²) in [5, 5.41) is 11.8. The molecule has 116 valence electrons. The summed E-state index contributed by atoms with van der Waals surface area (Å²) in [5.41, 5.74) is 0. The Hall–Kier alpha value is -1.79. The van der Waals surface area contributed by atoms with Gasteiger partial charge in [-0.3, -0.25) is 9.69 Å². The zero-order chi connectivity index (χ0) is 15.0. The number of piperidine rings is 1. The molecule has 3 unspecified atom stereocenters. The lowest BCUT2D eigenvalue weighted by atomic mass is 9.92. The molecule has 3 rings (SSSR count). The normalized spacial score (nSPS) is 32.6. The van der Waals surface area contributed by atoms with Gasteiger partial charge < -0.3 is 15.3 Å². The highest BCUT2D eigenvalue weighted by Gasteiger charge is 2.43. The van der Waals surface area contributed by atoms with E-state index in [9.17, 15) is 19.5 Å². The SMILES string of the molecule is O=C1CN(C(=O)N2CCCC3CCCC32)C(C(=O)O)CN1. The maximum atomic E-state index is 12.8.